The Kier molecular flexibility index (Phi) is 2.23. The Balaban J connectivity index is 2.45. The number of aliphatic hydroxyl groups excluding tert-OH is 1. The largest absolute Gasteiger partial charge is 0.389 e. The zero-order chi connectivity index (χ0) is 10.3. The minimum absolute atomic E-state index is 0.363. The van der Waals surface area contributed by atoms with Crippen molar-refractivity contribution in [1.82, 2.24) is 0 Å². The lowest BCUT2D eigenvalue weighted by atomic mass is 9.99. The molecule has 0 aliphatic carbocycles. The summed E-state index contributed by atoms with van der Waals surface area (Å²) in [5.41, 5.74) is 3.69. The average Bonchev–Trinajstić information content (AvgIpc) is 2.42. The Bertz CT molecular complexity index is 346. The monoisotopic (exact) mass is 191 g/mol. The van der Waals surface area contributed by atoms with E-state index in [0.717, 1.165) is 12.1 Å². The van der Waals surface area contributed by atoms with Gasteiger partial charge in [-0.15, -0.1) is 0 Å². The summed E-state index contributed by atoms with van der Waals surface area (Å²) in [5, 5.41) is 9.49. The topological polar surface area (TPSA) is 23.5 Å². The lowest BCUT2D eigenvalue weighted by molar-refractivity contribution is 0.199. The van der Waals surface area contributed by atoms with Gasteiger partial charge in [0.15, 0.2) is 0 Å². The first-order valence-electron chi connectivity index (χ1n) is 5.12. The maximum Gasteiger partial charge on any atom is 0.0762 e. The minimum atomic E-state index is -0.363. The van der Waals surface area contributed by atoms with Crippen LogP contribution in [-0.4, -0.2) is 18.7 Å². The number of hydrogen-bond acceptors (Lipinski definition) is 2. The molecule has 76 valence electrons. The fourth-order valence-electron chi connectivity index (χ4n) is 2.18. The van der Waals surface area contributed by atoms with Gasteiger partial charge in [-0.25, -0.2) is 0 Å². The van der Waals surface area contributed by atoms with Crippen molar-refractivity contribution in [3.8, 4) is 0 Å². The summed E-state index contributed by atoms with van der Waals surface area (Å²) in [6.07, 6.45) is -0.363. The molecule has 2 heteroatoms. The highest BCUT2D eigenvalue weighted by atomic mass is 16.3. The van der Waals surface area contributed by atoms with Crippen molar-refractivity contribution in [2.45, 2.75) is 25.9 Å². The Labute approximate surface area is 85.2 Å². The minimum Gasteiger partial charge on any atom is -0.389 e. The Morgan fingerprint density at radius 1 is 1.50 bits per heavy atom. The van der Waals surface area contributed by atoms with Crippen LogP contribution in [0, 0.1) is 0 Å². The summed E-state index contributed by atoms with van der Waals surface area (Å²) < 4.78 is 0. The zero-order valence-electron chi connectivity index (χ0n) is 8.99. The average molecular weight is 191 g/mol. The van der Waals surface area contributed by atoms with Crippen LogP contribution >= 0.6 is 0 Å². The van der Waals surface area contributed by atoms with E-state index in [0.29, 0.717) is 5.92 Å². The number of fused-ring (bicyclic) bond motifs is 1. The molecule has 2 atom stereocenters. The fourth-order valence-corrected chi connectivity index (χ4v) is 2.18. The van der Waals surface area contributed by atoms with E-state index in [1.165, 1.54) is 11.3 Å². The summed E-state index contributed by atoms with van der Waals surface area (Å²) in [6, 6.07) is 6.26. The van der Waals surface area contributed by atoms with Crippen molar-refractivity contribution in [3.63, 3.8) is 0 Å². The number of rotatable bonds is 1. The smallest absolute Gasteiger partial charge is 0.0762 e. The Hall–Kier alpha value is -1.02. The van der Waals surface area contributed by atoms with Gasteiger partial charge in [-0.2, -0.15) is 0 Å². The maximum atomic E-state index is 9.49. The van der Waals surface area contributed by atoms with Gasteiger partial charge < -0.3 is 10.0 Å². The van der Waals surface area contributed by atoms with Crippen molar-refractivity contribution in [2.75, 3.05) is 18.5 Å². The van der Waals surface area contributed by atoms with Gasteiger partial charge in [-0.1, -0.05) is 19.1 Å². The third-order valence-electron chi connectivity index (χ3n) is 3.02. The quantitative estimate of drug-likeness (QED) is 0.736. The number of hydrogen-bond donors (Lipinski definition) is 1. The summed E-state index contributed by atoms with van der Waals surface area (Å²) >= 11 is 0. The molecule has 14 heavy (non-hydrogen) atoms. The third kappa shape index (κ3) is 1.40. The Morgan fingerprint density at radius 2 is 2.21 bits per heavy atom. The van der Waals surface area contributed by atoms with Gasteiger partial charge in [0.05, 0.1) is 6.10 Å². The molecule has 0 saturated heterocycles. The van der Waals surface area contributed by atoms with E-state index in [4.69, 9.17) is 0 Å². The van der Waals surface area contributed by atoms with Crippen LogP contribution in [0.1, 0.15) is 37.0 Å². The Morgan fingerprint density at radius 3 is 2.86 bits per heavy atom. The molecule has 1 aliphatic heterocycles. The maximum absolute atomic E-state index is 9.49. The van der Waals surface area contributed by atoms with Gasteiger partial charge in [-0.3, -0.25) is 0 Å². The summed E-state index contributed by atoms with van der Waals surface area (Å²) in [6.45, 7) is 5.12. The number of aliphatic hydroxyl groups is 1. The van der Waals surface area contributed by atoms with Crippen molar-refractivity contribution in [1.29, 1.82) is 0 Å². The fraction of sp³-hybridized carbons (Fsp3) is 0.500. The third-order valence-corrected chi connectivity index (χ3v) is 3.02. The second-order valence-corrected chi connectivity index (χ2v) is 4.28. The highest BCUT2D eigenvalue weighted by Crippen LogP contribution is 2.36. The first-order chi connectivity index (χ1) is 6.59. The molecule has 0 bridgehead atoms. The van der Waals surface area contributed by atoms with E-state index in [2.05, 4.69) is 31.0 Å². The van der Waals surface area contributed by atoms with Crippen LogP contribution in [0.25, 0.3) is 0 Å². The summed E-state index contributed by atoms with van der Waals surface area (Å²) in [5.74, 6) is 0.577. The molecule has 2 rings (SSSR count). The van der Waals surface area contributed by atoms with Crippen molar-refractivity contribution in [3.05, 3.63) is 29.3 Å². The normalized spacial score (nSPS) is 22.3. The molecule has 0 saturated carbocycles. The van der Waals surface area contributed by atoms with Crippen molar-refractivity contribution >= 4 is 5.69 Å². The lowest BCUT2D eigenvalue weighted by Gasteiger charge is -2.12. The lowest BCUT2D eigenvalue weighted by Crippen LogP contribution is -2.13. The van der Waals surface area contributed by atoms with Crippen LogP contribution in [0.4, 0.5) is 5.69 Å². The predicted molar refractivity (Wildman–Crippen MR) is 58.8 cm³/mol. The van der Waals surface area contributed by atoms with Crippen molar-refractivity contribution in [2.24, 2.45) is 0 Å². The molecule has 0 radical (unpaired) electrons. The van der Waals surface area contributed by atoms with Crippen LogP contribution in [0.15, 0.2) is 18.2 Å². The molecule has 1 heterocycles. The summed E-state index contributed by atoms with van der Waals surface area (Å²) in [7, 11) is 2.12. The van der Waals surface area contributed by atoms with Crippen LogP contribution in [0.5, 0.6) is 0 Å². The molecule has 2 nitrogen and oxygen atoms in total. The summed E-state index contributed by atoms with van der Waals surface area (Å²) in [4.78, 5) is 2.27. The van der Waals surface area contributed by atoms with E-state index in [1.807, 2.05) is 13.0 Å². The standard InChI is InChI=1S/C12H17NO/c1-8-7-13(3)12-5-4-10(9(2)14)6-11(8)12/h4-6,8-9,14H,7H2,1-3H3. The first-order valence-corrected chi connectivity index (χ1v) is 5.12. The van der Waals surface area contributed by atoms with E-state index in [9.17, 15) is 5.11 Å². The molecular weight excluding hydrogens is 174 g/mol. The van der Waals surface area contributed by atoms with Gasteiger partial charge in [0, 0.05) is 25.2 Å². The molecule has 0 fully saturated rings. The molecule has 1 aromatic carbocycles. The van der Waals surface area contributed by atoms with Crippen LogP contribution in [0.2, 0.25) is 0 Å². The number of benzene rings is 1. The van der Waals surface area contributed by atoms with E-state index in [-0.39, 0.29) is 6.10 Å². The zero-order valence-corrected chi connectivity index (χ0v) is 8.99. The van der Waals surface area contributed by atoms with Gasteiger partial charge in [0.2, 0.25) is 0 Å². The predicted octanol–water partition coefficient (Wildman–Crippen LogP) is 2.29. The van der Waals surface area contributed by atoms with Gasteiger partial charge in [-0.05, 0) is 24.1 Å². The second-order valence-electron chi connectivity index (χ2n) is 4.28. The molecule has 1 N–H and O–H groups in total. The van der Waals surface area contributed by atoms with Gasteiger partial charge in [0.1, 0.15) is 0 Å². The number of anilines is 1. The molecule has 0 aromatic heterocycles. The first kappa shape index (κ1) is 9.53. The van der Waals surface area contributed by atoms with Crippen LogP contribution < -0.4 is 4.90 Å². The van der Waals surface area contributed by atoms with E-state index >= 15 is 0 Å². The van der Waals surface area contributed by atoms with E-state index < -0.39 is 0 Å². The second kappa shape index (κ2) is 3.28. The highest BCUT2D eigenvalue weighted by molar-refractivity contribution is 5.60. The van der Waals surface area contributed by atoms with Crippen LogP contribution in [0.3, 0.4) is 0 Å². The molecule has 1 aliphatic rings. The molecule has 0 amide bonds. The molecular formula is C12H17NO. The highest BCUT2D eigenvalue weighted by Gasteiger charge is 2.23. The van der Waals surface area contributed by atoms with E-state index in [1.54, 1.807) is 0 Å². The SMILES string of the molecule is CC(O)c1ccc2c(c1)C(C)CN2C. The van der Waals surface area contributed by atoms with Gasteiger partial charge >= 0.3 is 0 Å². The number of likely N-dealkylation sites (N-methyl/N-ethyl adjacent to an activating group) is 1. The molecule has 1 aromatic rings. The molecule has 0 spiro atoms. The van der Waals surface area contributed by atoms with Crippen molar-refractivity contribution < 1.29 is 5.11 Å². The van der Waals surface area contributed by atoms with Gasteiger partial charge in [0.25, 0.3) is 0 Å². The number of nitrogens with zero attached hydrogens (tertiary/aromatic N) is 1. The molecule has 2 unspecified atom stereocenters. The van der Waals surface area contributed by atoms with Crippen LogP contribution in [-0.2, 0) is 0 Å².